The normalized spacial score (nSPS) is 17.4. The van der Waals surface area contributed by atoms with Crippen LogP contribution in [0, 0.1) is 0 Å². The second-order valence-corrected chi connectivity index (χ2v) is 4.21. The number of carbonyl (C=O) groups excluding carboxylic acids is 1. The summed E-state index contributed by atoms with van der Waals surface area (Å²) < 4.78 is 10.2. The highest BCUT2D eigenvalue weighted by molar-refractivity contribution is 6.32. The SMILES string of the molecule is CN(C(=O)c1ccoc1Cl)C1CCOCC1. The van der Waals surface area contributed by atoms with Crippen LogP contribution < -0.4 is 0 Å². The van der Waals surface area contributed by atoms with E-state index in [4.69, 9.17) is 20.8 Å². The Bertz CT molecular complexity index is 371. The number of hydrogen-bond acceptors (Lipinski definition) is 3. The molecule has 2 heterocycles. The summed E-state index contributed by atoms with van der Waals surface area (Å²) in [5.41, 5.74) is 0.427. The van der Waals surface area contributed by atoms with Crippen LogP contribution in [0.1, 0.15) is 23.2 Å². The van der Waals surface area contributed by atoms with Gasteiger partial charge >= 0.3 is 0 Å². The minimum Gasteiger partial charge on any atom is -0.452 e. The van der Waals surface area contributed by atoms with Crippen molar-refractivity contribution in [3.8, 4) is 0 Å². The molecule has 1 aromatic heterocycles. The first-order valence-corrected chi connectivity index (χ1v) is 5.66. The van der Waals surface area contributed by atoms with E-state index < -0.39 is 0 Å². The van der Waals surface area contributed by atoms with Crippen molar-refractivity contribution in [3.05, 3.63) is 23.1 Å². The molecule has 16 heavy (non-hydrogen) atoms. The number of halogens is 1. The monoisotopic (exact) mass is 243 g/mol. The smallest absolute Gasteiger partial charge is 0.258 e. The zero-order valence-electron chi connectivity index (χ0n) is 9.11. The van der Waals surface area contributed by atoms with Crippen molar-refractivity contribution < 1.29 is 13.9 Å². The first-order chi connectivity index (χ1) is 7.70. The van der Waals surface area contributed by atoms with Gasteiger partial charge in [0.2, 0.25) is 5.22 Å². The number of rotatable bonds is 2. The van der Waals surface area contributed by atoms with Crippen molar-refractivity contribution in [1.29, 1.82) is 0 Å². The topological polar surface area (TPSA) is 42.7 Å². The van der Waals surface area contributed by atoms with Gasteiger partial charge in [0.15, 0.2) is 0 Å². The van der Waals surface area contributed by atoms with Gasteiger partial charge in [0.05, 0.1) is 11.8 Å². The van der Waals surface area contributed by atoms with Crippen molar-refractivity contribution in [3.63, 3.8) is 0 Å². The predicted octanol–water partition coefficient (Wildman–Crippen LogP) is 2.18. The average molecular weight is 244 g/mol. The fourth-order valence-corrected chi connectivity index (χ4v) is 2.07. The molecule has 0 radical (unpaired) electrons. The van der Waals surface area contributed by atoms with E-state index in [0.29, 0.717) is 18.8 Å². The molecule has 1 fully saturated rings. The summed E-state index contributed by atoms with van der Waals surface area (Å²) >= 11 is 5.78. The standard InChI is InChI=1S/C11H14ClNO3/c1-13(8-2-5-15-6-3-8)11(14)9-4-7-16-10(9)12/h4,7-8H,2-3,5-6H2,1H3. The molecule has 0 bridgehead atoms. The van der Waals surface area contributed by atoms with Crippen molar-refractivity contribution in [2.24, 2.45) is 0 Å². The lowest BCUT2D eigenvalue weighted by Gasteiger charge is -2.31. The summed E-state index contributed by atoms with van der Waals surface area (Å²) in [5, 5.41) is 0.156. The molecular formula is C11H14ClNO3. The number of nitrogens with zero attached hydrogens (tertiary/aromatic N) is 1. The average Bonchev–Trinajstić information content (AvgIpc) is 2.75. The molecule has 0 saturated carbocycles. The molecule has 0 aliphatic carbocycles. The Balaban J connectivity index is 2.06. The second kappa shape index (κ2) is 4.89. The molecule has 1 aliphatic heterocycles. The fraction of sp³-hybridized carbons (Fsp3) is 0.545. The summed E-state index contributed by atoms with van der Waals surface area (Å²) in [6.07, 6.45) is 3.17. The first kappa shape index (κ1) is 11.5. The maximum Gasteiger partial charge on any atom is 0.258 e. The van der Waals surface area contributed by atoms with Crippen LogP contribution >= 0.6 is 11.6 Å². The van der Waals surface area contributed by atoms with Crippen LogP contribution in [0.5, 0.6) is 0 Å². The van der Waals surface area contributed by atoms with E-state index in [1.165, 1.54) is 6.26 Å². The van der Waals surface area contributed by atoms with E-state index in [2.05, 4.69) is 0 Å². The second-order valence-electron chi connectivity index (χ2n) is 3.87. The quantitative estimate of drug-likeness (QED) is 0.800. The Labute approximate surface area is 99.1 Å². The lowest BCUT2D eigenvalue weighted by atomic mass is 10.1. The third-order valence-corrected chi connectivity index (χ3v) is 3.20. The predicted molar refractivity (Wildman–Crippen MR) is 59.7 cm³/mol. The van der Waals surface area contributed by atoms with Crippen LogP contribution in [0.3, 0.4) is 0 Å². The van der Waals surface area contributed by atoms with Gasteiger partial charge in [0.1, 0.15) is 0 Å². The maximum absolute atomic E-state index is 12.1. The van der Waals surface area contributed by atoms with Crippen LogP contribution in [-0.2, 0) is 4.74 Å². The lowest BCUT2D eigenvalue weighted by Crippen LogP contribution is -2.40. The van der Waals surface area contributed by atoms with E-state index in [1.54, 1.807) is 18.0 Å². The zero-order chi connectivity index (χ0) is 11.5. The molecule has 0 aromatic carbocycles. The first-order valence-electron chi connectivity index (χ1n) is 5.28. The van der Waals surface area contributed by atoms with Gasteiger partial charge in [-0.05, 0) is 30.5 Å². The van der Waals surface area contributed by atoms with Crippen LogP contribution in [0.4, 0.5) is 0 Å². The fourth-order valence-electron chi connectivity index (χ4n) is 1.87. The van der Waals surface area contributed by atoms with E-state index in [9.17, 15) is 4.79 Å². The number of ether oxygens (including phenoxy) is 1. The van der Waals surface area contributed by atoms with Gasteiger partial charge in [0, 0.05) is 26.3 Å². The van der Waals surface area contributed by atoms with Crippen molar-refractivity contribution in [2.45, 2.75) is 18.9 Å². The van der Waals surface area contributed by atoms with Gasteiger partial charge in [-0.3, -0.25) is 4.79 Å². The van der Waals surface area contributed by atoms with Crippen molar-refractivity contribution in [2.75, 3.05) is 20.3 Å². The minimum absolute atomic E-state index is 0.0920. The van der Waals surface area contributed by atoms with Gasteiger partial charge in [0.25, 0.3) is 5.91 Å². The molecule has 88 valence electrons. The highest BCUT2D eigenvalue weighted by atomic mass is 35.5. The maximum atomic E-state index is 12.1. The molecule has 0 unspecified atom stereocenters. The van der Waals surface area contributed by atoms with Gasteiger partial charge in [-0.25, -0.2) is 0 Å². The highest BCUT2D eigenvalue weighted by Gasteiger charge is 2.25. The molecular weight excluding hydrogens is 230 g/mol. The van der Waals surface area contributed by atoms with Gasteiger partial charge in [-0.1, -0.05) is 0 Å². The minimum atomic E-state index is -0.0920. The van der Waals surface area contributed by atoms with Gasteiger partial charge < -0.3 is 14.1 Å². The Kier molecular flexibility index (Phi) is 3.51. The van der Waals surface area contributed by atoms with E-state index in [-0.39, 0.29) is 17.2 Å². The summed E-state index contributed by atoms with van der Waals surface area (Å²) in [4.78, 5) is 13.8. The highest BCUT2D eigenvalue weighted by Crippen LogP contribution is 2.21. The number of hydrogen-bond donors (Lipinski definition) is 0. The summed E-state index contributed by atoms with van der Waals surface area (Å²) in [5.74, 6) is -0.0920. The number of furan rings is 1. The van der Waals surface area contributed by atoms with Gasteiger partial charge in [-0.2, -0.15) is 0 Å². The molecule has 5 heteroatoms. The third kappa shape index (κ3) is 2.23. The molecule has 1 aliphatic rings. The van der Waals surface area contributed by atoms with Crippen LogP contribution in [-0.4, -0.2) is 37.1 Å². The molecule has 1 amide bonds. The number of carbonyl (C=O) groups is 1. The molecule has 1 saturated heterocycles. The van der Waals surface area contributed by atoms with Gasteiger partial charge in [-0.15, -0.1) is 0 Å². The molecule has 4 nitrogen and oxygen atoms in total. The van der Waals surface area contributed by atoms with E-state index in [1.807, 2.05) is 0 Å². The van der Waals surface area contributed by atoms with Crippen LogP contribution in [0.15, 0.2) is 16.7 Å². The Morgan fingerprint density at radius 1 is 1.50 bits per heavy atom. The molecule has 0 spiro atoms. The molecule has 2 rings (SSSR count). The summed E-state index contributed by atoms with van der Waals surface area (Å²) in [6, 6.07) is 1.83. The number of amides is 1. The molecule has 0 atom stereocenters. The third-order valence-electron chi connectivity index (χ3n) is 2.91. The Morgan fingerprint density at radius 2 is 2.19 bits per heavy atom. The Morgan fingerprint density at radius 3 is 2.75 bits per heavy atom. The van der Waals surface area contributed by atoms with Crippen LogP contribution in [0.2, 0.25) is 5.22 Å². The Hall–Kier alpha value is -1.00. The van der Waals surface area contributed by atoms with E-state index >= 15 is 0 Å². The lowest BCUT2D eigenvalue weighted by molar-refractivity contribution is 0.0362. The molecule has 0 N–H and O–H groups in total. The van der Waals surface area contributed by atoms with Crippen LogP contribution in [0.25, 0.3) is 0 Å². The van der Waals surface area contributed by atoms with E-state index in [0.717, 1.165) is 12.8 Å². The summed E-state index contributed by atoms with van der Waals surface area (Å²) in [7, 11) is 1.79. The molecule has 1 aromatic rings. The van der Waals surface area contributed by atoms with Crippen molar-refractivity contribution >= 4 is 17.5 Å². The summed E-state index contributed by atoms with van der Waals surface area (Å²) in [6.45, 7) is 1.42. The largest absolute Gasteiger partial charge is 0.452 e. The van der Waals surface area contributed by atoms with Crippen molar-refractivity contribution in [1.82, 2.24) is 4.90 Å². The zero-order valence-corrected chi connectivity index (χ0v) is 9.87.